The fourth-order valence-corrected chi connectivity index (χ4v) is 1.93. The van der Waals surface area contributed by atoms with Crippen LogP contribution in [0.3, 0.4) is 0 Å². The van der Waals surface area contributed by atoms with Gasteiger partial charge < -0.3 is 9.88 Å². The fraction of sp³-hybridized carbons (Fsp3) is 0.214. The van der Waals surface area contributed by atoms with Gasteiger partial charge in [0.2, 0.25) is 0 Å². The molecular formula is C14H14F2N2O. The van der Waals surface area contributed by atoms with Crippen molar-refractivity contribution in [3.8, 4) is 0 Å². The van der Waals surface area contributed by atoms with Gasteiger partial charge in [-0.2, -0.15) is 0 Å². The van der Waals surface area contributed by atoms with Gasteiger partial charge in [0.05, 0.1) is 0 Å². The summed E-state index contributed by atoms with van der Waals surface area (Å²) in [7, 11) is 1.60. The molecule has 3 nitrogen and oxygen atoms in total. The molecule has 1 aromatic heterocycles. The highest BCUT2D eigenvalue weighted by Crippen LogP contribution is 2.18. The Labute approximate surface area is 109 Å². The highest BCUT2D eigenvalue weighted by atomic mass is 19.1. The third-order valence-corrected chi connectivity index (χ3v) is 2.93. The first-order chi connectivity index (χ1) is 8.90. The quantitative estimate of drug-likeness (QED) is 0.888. The van der Waals surface area contributed by atoms with Crippen molar-refractivity contribution in [2.75, 3.05) is 5.32 Å². The van der Waals surface area contributed by atoms with Crippen molar-refractivity contribution in [3.63, 3.8) is 0 Å². The molecule has 5 heteroatoms. The van der Waals surface area contributed by atoms with Crippen LogP contribution in [0, 0.1) is 25.5 Å². The number of benzene rings is 1. The summed E-state index contributed by atoms with van der Waals surface area (Å²) >= 11 is 0. The summed E-state index contributed by atoms with van der Waals surface area (Å²) in [5.74, 6) is -1.45. The molecule has 1 amide bonds. The van der Waals surface area contributed by atoms with Crippen LogP contribution in [0.1, 0.15) is 21.6 Å². The molecular weight excluding hydrogens is 250 g/mol. The largest absolute Gasteiger partial charge is 0.344 e. The van der Waals surface area contributed by atoms with Gasteiger partial charge in [-0.05, 0) is 37.6 Å². The van der Waals surface area contributed by atoms with E-state index < -0.39 is 11.7 Å². The van der Waals surface area contributed by atoms with Crippen LogP contribution in [0.5, 0.6) is 0 Å². The number of hydrogen-bond acceptors (Lipinski definition) is 1. The van der Waals surface area contributed by atoms with E-state index in [0.29, 0.717) is 16.8 Å². The number of nitrogens with one attached hydrogen (secondary N) is 1. The Bertz CT molecular complexity index is 647. The van der Waals surface area contributed by atoms with Gasteiger partial charge in [-0.1, -0.05) is 0 Å². The second kappa shape index (κ2) is 4.84. The Balaban J connectivity index is 2.28. The van der Waals surface area contributed by atoms with Crippen molar-refractivity contribution < 1.29 is 13.6 Å². The van der Waals surface area contributed by atoms with E-state index in [1.807, 2.05) is 0 Å². The molecule has 1 aromatic carbocycles. The summed E-state index contributed by atoms with van der Waals surface area (Å²) in [6, 6.07) is 4.20. The van der Waals surface area contributed by atoms with Crippen LogP contribution in [0.15, 0.2) is 24.4 Å². The third-order valence-electron chi connectivity index (χ3n) is 2.93. The number of nitrogens with zero attached hydrogens (tertiary/aromatic N) is 1. The summed E-state index contributed by atoms with van der Waals surface area (Å²) in [4.78, 5) is 12.0. The lowest BCUT2D eigenvalue weighted by atomic mass is 10.2. The van der Waals surface area contributed by atoms with Crippen molar-refractivity contribution in [1.82, 2.24) is 4.57 Å². The van der Waals surface area contributed by atoms with E-state index in [4.69, 9.17) is 0 Å². The van der Waals surface area contributed by atoms with Crippen molar-refractivity contribution in [3.05, 3.63) is 52.9 Å². The summed E-state index contributed by atoms with van der Waals surface area (Å²) in [6.45, 7) is 3.19. The SMILES string of the molecule is Cc1cc(NC(=O)c2c(F)c(C)cn2C)ccc1F. The number of carbonyl (C=O) groups is 1. The van der Waals surface area contributed by atoms with E-state index in [1.165, 1.54) is 22.8 Å². The van der Waals surface area contributed by atoms with Gasteiger partial charge in [-0.15, -0.1) is 0 Å². The maximum atomic E-state index is 13.8. The first kappa shape index (κ1) is 13.3. The number of aryl methyl sites for hydroxylation is 3. The summed E-state index contributed by atoms with van der Waals surface area (Å²) in [5, 5.41) is 2.55. The Morgan fingerprint density at radius 1 is 1.21 bits per heavy atom. The summed E-state index contributed by atoms with van der Waals surface area (Å²) in [6.07, 6.45) is 1.54. The molecule has 0 atom stereocenters. The van der Waals surface area contributed by atoms with Gasteiger partial charge in [-0.3, -0.25) is 4.79 Å². The maximum Gasteiger partial charge on any atom is 0.275 e. The molecule has 100 valence electrons. The number of hydrogen-bond donors (Lipinski definition) is 1. The van der Waals surface area contributed by atoms with Crippen molar-refractivity contribution in [2.45, 2.75) is 13.8 Å². The van der Waals surface area contributed by atoms with Crippen molar-refractivity contribution in [1.29, 1.82) is 0 Å². The standard InChI is InChI=1S/C14H14F2N2O/c1-8-6-10(4-5-11(8)15)17-14(19)13-12(16)9(2)7-18(13)3/h4-7H,1-3H3,(H,17,19). The predicted octanol–water partition coefficient (Wildman–Crippen LogP) is 3.17. The molecule has 1 N–H and O–H groups in total. The first-order valence-electron chi connectivity index (χ1n) is 5.79. The average Bonchev–Trinajstić information content (AvgIpc) is 2.58. The molecule has 0 unspecified atom stereocenters. The maximum absolute atomic E-state index is 13.8. The topological polar surface area (TPSA) is 34.0 Å². The molecule has 0 aliphatic carbocycles. The summed E-state index contributed by atoms with van der Waals surface area (Å²) < 4.78 is 28.3. The Morgan fingerprint density at radius 2 is 1.89 bits per heavy atom. The third kappa shape index (κ3) is 2.50. The van der Waals surface area contributed by atoms with Crippen LogP contribution in [0.4, 0.5) is 14.5 Å². The lowest BCUT2D eigenvalue weighted by molar-refractivity contribution is 0.101. The van der Waals surface area contributed by atoms with E-state index in [1.54, 1.807) is 27.1 Å². The second-order valence-electron chi connectivity index (χ2n) is 4.50. The first-order valence-corrected chi connectivity index (χ1v) is 5.79. The lowest BCUT2D eigenvalue weighted by Gasteiger charge is -2.07. The zero-order valence-corrected chi connectivity index (χ0v) is 10.9. The fourth-order valence-electron chi connectivity index (χ4n) is 1.93. The number of carbonyl (C=O) groups excluding carboxylic acids is 1. The molecule has 0 spiro atoms. The predicted molar refractivity (Wildman–Crippen MR) is 69.2 cm³/mol. The van der Waals surface area contributed by atoms with Gasteiger partial charge in [0.1, 0.15) is 11.5 Å². The molecule has 0 aliphatic rings. The van der Waals surface area contributed by atoms with Crippen LogP contribution in [0.2, 0.25) is 0 Å². The smallest absolute Gasteiger partial charge is 0.275 e. The normalized spacial score (nSPS) is 10.6. The number of amides is 1. The van der Waals surface area contributed by atoms with E-state index in [9.17, 15) is 13.6 Å². The van der Waals surface area contributed by atoms with Crippen LogP contribution < -0.4 is 5.32 Å². The number of anilines is 1. The minimum Gasteiger partial charge on any atom is -0.344 e. The van der Waals surface area contributed by atoms with E-state index in [0.717, 1.165) is 0 Å². The van der Waals surface area contributed by atoms with Gasteiger partial charge in [0, 0.05) is 24.5 Å². The molecule has 0 aliphatic heterocycles. The lowest BCUT2D eigenvalue weighted by Crippen LogP contribution is -2.17. The molecule has 0 saturated heterocycles. The van der Waals surface area contributed by atoms with E-state index in [-0.39, 0.29) is 11.5 Å². The Hall–Kier alpha value is -2.17. The van der Waals surface area contributed by atoms with Crippen molar-refractivity contribution in [2.24, 2.45) is 7.05 Å². The minimum absolute atomic E-state index is 0.0421. The van der Waals surface area contributed by atoms with Gasteiger partial charge in [0.15, 0.2) is 5.82 Å². The van der Waals surface area contributed by atoms with E-state index >= 15 is 0 Å². The molecule has 0 radical (unpaired) electrons. The number of aromatic nitrogens is 1. The van der Waals surface area contributed by atoms with Gasteiger partial charge in [-0.25, -0.2) is 8.78 Å². The molecule has 19 heavy (non-hydrogen) atoms. The second-order valence-corrected chi connectivity index (χ2v) is 4.50. The zero-order valence-electron chi connectivity index (χ0n) is 10.9. The Kier molecular flexibility index (Phi) is 3.38. The van der Waals surface area contributed by atoms with Gasteiger partial charge >= 0.3 is 0 Å². The highest BCUT2D eigenvalue weighted by Gasteiger charge is 2.18. The number of halogens is 2. The molecule has 2 aromatic rings. The zero-order chi connectivity index (χ0) is 14.2. The molecule has 0 saturated carbocycles. The Morgan fingerprint density at radius 3 is 2.42 bits per heavy atom. The molecule has 0 bridgehead atoms. The van der Waals surface area contributed by atoms with Crippen LogP contribution in [-0.2, 0) is 7.05 Å². The van der Waals surface area contributed by atoms with E-state index in [2.05, 4.69) is 5.32 Å². The highest BCUT2D eigenvalue weighted by molar-refractivity contribution is 6.03. The molecule has 1 heterocycles. The van der Waals surface area contributed by atoms with Crippen molar-refractivity contribution >= 4 is 11.6 Å². The minimum atomic E-state index is -0.556. The number of rotatable bonds is 2. The average molecular weight is 264 g/mol. The summed E-state index contributed by atoms with van der Waals surface area (Å²) in [5.41, 5.74) is 1.21. The van der Waals surface area contributed by atoms with Crippen LogP contribution >= 0.6 is 0 Å². The van der Waals surface area contributed by atoms with Crippen LogP contribution in [-0.4, -0.2) is 10.5 Å². The van der Waals surface area contributed by atoms with Gasteiger partial charge in [0.25, 0.3) is 5.91 Å². The molecule has 0 fully saturated rings. The monoisotopic (exact) mass is 264 g/mol. The van der Waals surface area contributed by atoms with Crippen LogP contribution in [0.25, 0.3) is 0 Å². The molecule has 2 rings (SSSR count).